The first-order valence-electron chi connectivity index (χ1n) is 10.6. The van der Waals surface area contributed by atoms with E-state index < -0.39 is 33.6 Å². The lowest BCUT2D eigenvalue weighted by atomic mass is 10.1. The Kier molecular flexibility index (Phi) is 7.51. The van der Waals surface area contributed by atoms with Gasteiger partial charge in [0, 0.05) is 31.7 Å². The molecule has 0 unspecified atom stereocenters. The van der Waals surface area contributed by atoms with Gasteiger partial charge in [-0.2, -0.15) is 17.5 Å². The van der Waals surface area contributed by atoms with Crippen LogP contribution in [0.1, 0.15) is 29.8 Å². The van der Waals surface area contributed by atoms with E-state index in [1.165, 1.54) is 24.3 Å². The molecule has 2 aromatic carbocycles. The van der Waals surface area contributed by atoms with Crippen molar-refractivity contribution in [2.75, 3.05) is 42.9 Å². The summed E-state index contributed by atoms with van der Waals surface area (Å²) in [6.45, 7) is 4.59. The second kappa shape index (κ2) is 10.0. The van der Waals surface area contributed by atoms with Gasteiger partial charge in [-0.05, 0) is 50.2 Å². The van der Waals surface area contributed by atoms with Crippen LogP contribution in [0.15, 0.2) is 47.4 Å². The number of amides is 2. The summed E-state index contributed by atoms with van der Waals surface area (Å²) in [5, 5.41) is 5.04. The molecule has 2 amide bonds. The van der Waals surface area contributed by atoms with Crippen molar-refractivity contribution in [2.24, 2.45) is 0 Å². The smallest absolute Gasteiger partial charge is 0.370 e. The minimum absolute atomic E-state index is 0.0375. The van der Waals surface area contributed by atoms with Gasteiger partial charge in [0.1, 0.15) is 0 Å². The molecule has 34 heavy (non-hydrogen) atoms. The average molecular weight is 499 g/mol. The number of nitrogens with zero attached hydrogens (tertiary/aromatic N) is 2. The number of nitrogens with one attached hydrogen (secondary N) is 2. The van der Waals surface area contributed by atoms with E-state index in [0.29, 0.717) is 18.8 Å². The number of anilines is 2. The molecule has 0 spiro atoms. The topological polar surface area (TPSA) is 98.8 Å². The fourth-order valence-corrected chi connectivity index (χ4v) is 5.06. The molecular weight excluding hydrogens is 473 g/mol. The standard InChI is InChI=1S/C22H25F3N4O4S/c1-3-28(4-2)19-9-8-16(22(23,24)25)13-18(19)27-21(31)15-6-5-7-17(12-15)34(32,33)29-11-10-26-20(30)14-29/h5-9,12-13H,3-4,10-11,14H2,1-2H3,(H,26,30)(H,27,31). The number of sulfonamides is 1. The van der Waals surface area contributed by atoms with E-state index in [-0.39, 0.29) is 35.8 Å². The van der Waals surface area contributed by atoms with Crippen LogP contribution in [0.25, 0.3) is 0 Å². The Balaban J connectivity index is 1.93. The predicted octanol–water partition coefficient (Wildman–Crippen LogP) is 2.92. The van der Waals surface area contributed by atoms with Crippen LogP contribution in [0.2, 0.25) is 0 Å². The highest BCUT2D eigenvalue weighted by molar-refractivity contribution is 7.89. The van der Waals surface area contributed by atoms with E-state index >= 15 is 0 Å². The monoisotopic (exact) mass is 498 g/mol. The molecule has 0 saturated carbocycles. The minimum Gasteiger partial charge on any atom is -0.370 e. The molecule has 12 heteroatoms. The number of halogens is 3. The van der Waals surface area contributed by atoms with Gasteiger partial charge in [-0.3, -0.25) is 9.59 Å². The van der Waals surface area contributed by atoms with Crippen molar-refractivity contribution < 1.29 is 31.2 Å². The average Bonchev–Trinajstić information content (AvgIpc) is 2.80. The maximum Gasteiger partial charge on any atom is 0.416 e. The van der Waals surface area contributed by atoms with Gasteiger partial charge in [-0.1, -0.05) is 6.07 Å². The summed E-state index contributed by atoms with van der Waals surface area (Å²) in [4.78, 5) is 26.1. The predicted molar refractivity (Wildman–Crippen MR) is 121 cm³/mol. The SMILES string of the molecule is CCN(CC)c1ccc(C(F)(F)F)cc1NC(=O)c1cccc(S(=O)(=O)N2CCNC(=O)C2)c1. The molecule has 3 rings (SSSR count). The number of hydrogen-bond acceptors (Lipinski definition) is 5. The van der Waals surface area contributed by atoms with Gasteiger partial charge >= 0.3 is 6.18 Å². The highest BCUT2D eigenvalue weighted by Crippen LogP contribution is 2.35. The lowest BCUT2D eigenvalue weighted by Crippen LogP contribution is -2.49. The van der Waals surface area contributed by atoms with Crippen molar-refractivity contribution in [1.29, 1.82) is 0 Å². The van der Waals surface area contributed by atoms with Crippen LogP contribution >= 0.6 is 0 Å². The van der Waals surface area contributed by atoms with Crippen LogP contribution in [0.4, 0.5) is 24.5 Å². The number of carbonyl (C=O) groups excluding carboxylic acids is 2. The Hall–Kier alpha value is -3.12. The number of benzene rings is 2. The molecule has 0 atom stereocenters. The molecule has 1 aliphatic heterocycles. The van der Waals surface area contributed by atoms with Crippen LogP contribution in [0.5, 0.6) is 0 Å². The van der Waals surface area contributed by atoms with Gasteiger partial charge < -0.3 is 15.5 Å². The Labute approximate surface area is 195 Å². The summed E-state index contributed by atoms with van der Waals surface area (Å²) in [7, 11) is -4.04. The Morgan fingerprint density at radius 1 is 1.15 bits per heavy atom. The van der Waals surface area contributed by atoms with Gasteiger partial charge in [0.2, 0.25) is 15.9 Å². The minimum atomic E-state index is -4.60. The zero-order chi connectivity index (χ0) is 25.1. The van der Waals surface area contributed by atoms with Crippen molar-refractivity contribution in [3.8, 4) is 0 Å². The maximum atomic E-state index is 13.3. The van der Waals surface area contributed by atoms with Crippen LogP contribution in [-0.2, 0) is 21.0 Å². The Morgan fingerprint density at radius 3 is 2.47 bits per heavy atom. The Morgan fingerprint density at radius 2 is 1.85 bits per heavy atom. The van der Waals surface area contributed by atoms with E-state index in [9.17, 15) is 31.2 Å². The molecular formula is C22H25F3N4O4S. The van der Waals surface area contributed by atoms with Gasteiger partial charge in [0.05, 0.1) is 28.4 Å². The van der Waals surface area contributed by atoms with Crippen molar-refractivity contribution in [3.63, 3.8) is 0 Å². The maximum absolute atomic E-state index is 13.3. The number of piperazine rings is 1. The summed E-state index contributed by atoms with van der Waals surface area (Å²) < 4.78 is 66.7. The van der Waals surface area contributed by atoms with E-state index in [4.69, 9.17) is 0 Å². The number of alkyl halides is 3. The van der Waals surface area contributed by atoms with E-state index in [1.54, 1.807) is 4.90 Å². The van der Waals surface area contributed by atoms with Gasteiger partial charge in [-0.15, -0.1) is 0 Å². The second-order valence-corrected chi connectivity index (χ2v) is 9.51. The fourth-order valence-electron chi connectivity index (χ4n) is 3.61. The summed E-state index contributed by atoms with van der Waals surface area (Å²) in [6, 6.07) is 8.27. The lowest BCUT2D eigenvalue weighted by Gasteiger charge is -2.26. The third kappa shape index (κ3) is 5.50. The van der Waals surface area contributed by atoms with Gasteiger partial charge in [-0.25, -0.2) is 8.42 Å². The molecule has 8 nitrogen and oxygen atoms in total. The number of rotatable bonds is 7. The molecule has 1 saturated heterocycles. The molecule has 0 bridgehead atoms. The highest BCUT2D eigenvalue weighted by atomic mass is 32.2. The molecule has 1 fully saturated rings. The Bertz CT molecular complexity index is 1180. The first kappa shape index (κ1) is 25.5. The molecule has 2 aromatic rings. The molecule has 0 aliphatic carbocycles. The largest absolute Gasteiger partial charge is 0.416 e. The highest BCUT2D eigenvalue weighted by Gasteiger charge is 2.32. The molecule has 0 radical (unpaired) electrons. The van der Waals surface area contributed by atoms with Crippen LogP contribution in [0.3, 0.4) is 0 Å². The second-order valence-electron chi connectivity index (χ2n) is 7.57. The fraction of sp³-hybridized carbons (Fsp3) is 0.364. The van der Waals surface area contributed by atoms with Crippen molar-refractivity contribution in [2.45, 2.75) is 24.9 Å². The van der Waals surface area contributed by atoms with Crippen LogP contribution in [-0.4, -0.2) is 57.3 Å². The third-order valence-corrected chi connectivity index (χ3v) is 7.25. The zero-order valence-corrected chi connectivity index (χ0v) is 19.5. The molecule has 1 aliphatic rings. The van der Waals surface area contributed by atoms with E-state index in [0.717, 1.165) is 22.5 Å². The number of hydrogen-bond donors (Lipinski definition) is 2. The van der Waals surface area contributed by atoms with Crippen LogP contribution in [0, 0.1) is 0 Å². The normalized spacial score (nSPS) is 15.0. The lowest BCUT2D eigenvalue weighted by molar-refractivity contribution is -0.137. The van der Waals surface area contributed by atoms with Gasteiger partial charge in [0.25, 0.3) is 5.91 Å². The molecule has 2 N–H and O–H groups in total. The molecule has 1 heterocycles. The van der Waals surface area contributed by atoms with E-state index in [1.807, 2.05) is 13.8 Å². The van der Waals surface area contributed by atoms with Crippen molar-refractivity contribution in [1.82, 2.24) is 9.62 Å². The van der Waals surface area contributed by atoms with E-state index in [2.05, 4.69) is 10.6 Å². The summed E-state index contributed by atoms with van der Waals surface area (Å²) in [5.41, 5.74) is -0.595. The summed E-state index contributed by atoms with van der Waals surface area (Å²) >= 11 is 0. The number of carbonyl (C=O) groups is 2. The van der Waals surface area contributed by atoms with Crippen molar-refractivity contribution in [3.05, 3.63) is 53.6 Å². The van der Waals surface area contributed by atoms with Gasteiger partial charge in [0.15, 0.2) is 0 Å². The third-order valence-electron chi connectivity index (χ3n) is 5.41. The quantitative estimate of drug-likeness (QED) is 0.612. The molecule has 0 aromatic heterocycles. The zero-order valence-electron chi connectivity index (χ0n) is 18.6. The summed E-state index contributed by atoms with van der Waals surface area (Å²) in [6.07, 6.45) is -4.60. The first-order valence-corrected chi connectivity index (χ1v) is 12.1. The van der Waals surface area contributed by atoms with Crippen LogP contribution < -0.4 is 15.5 Å². The van der Waals surface area contributed by atoms with Crippen molar-refractivity contribution >= 4 is 33.2 Å². The summed E-state index contributed by atoms with van der Waals surface area (Å²) in [5.74, 6) is -1.20. The molecule has 184 valence electrons. The first-order chi connectivity index (χ1) is 16.0.